The maximum absolute atomic E-state index is 13.1. The summed E-state index contributed by atoms with van der Waals surface area (Å²) in [4.78, 5) is 15.2. The van der Waals surface area contributed by atoms with Crippen molar-refractivity contribution >= 4 is 11.8 Å². The Hall–Kier alpha value is -2.95. The van der Waals surface area contributed by atoms with Gasteiger partial charge >= 0.3 is 12.2 Å². The summed E-state index contributed by atoms with van der Waals surface area (Å²) < 4.78 is 67.6. The third-order valence-electron chi connectivity index (χ3n) is 2.88. The fourth-order valence-electron chi connectivity index (χ4n) is 1.70. The number of alkyl halides is 3. The summed E-state index contributed by atoms with van der Waals surface area (Å²) >= 11 is 0. The zero-order valence-corrected chi connectivity index (χ0v) is 12.8. The monoisotopic (exact) mass is 377 g/mol. The molecule has 0 radical (unpaired) electrons. The van der Waals surface area contributed by atoms with Gasteiger partial charge in [-0.05, 0) is 12.1 Å². The largest absolute Gasteiger partial charge is 0.456 e. The predicted octanol–water partition coefficient (Wildman–Crippen LogP) is 3.20. The average molecular weight is 377 g/mol. The van der Waals surface area contributed by atoms with E-state index in [-0.39, 0.29) is 17.3 Å². The number of carbonyl (C=O) groups is 1. The number of pyridine rings is 1. The van der Waals surface area contributed by atoms with Crippen LogP contribution in [-0.4, -0.2) is 34.9 Å². The molecule has 1 aromatic carbocycles. The van der Waals surface area contributed by atoms with Gasteiger partial charge in [0.15, 0.2) is 6.10 Å². The summed E-state index contributed by atoms with van der Waals surface area (Å²) in [5.41, 5.74) is 0. The number of amides is 2. The van der Waals surface area contributed by atoms with Crippen molar-refractivity contribution in [2.24, 2.45) is 0 Å². The molecule has 1 heterocycles. The lowest BCUT2D eigenvalue weighted by atomic mass is 10.3. The van der Waals surface area contributed by atoms with E-state index in [2.05, 4.69) is 10.3 Å². The molecule has 1 aromatic heterocycles. The Labute approximate surface area is 143 Å². The number of hydrogen-bond donors (Lipinski definition) is 3. The molecule has 26 heavy (non-hydrogen) atoms. The number of nitrogens with zero attached hydrogens (tertiary/aromatic N) is 1. The summed E-state index contributed by atoms with van der Waals surface area (Å²) in [5, 5.41) is 12.7. The number of hydrogen-bond acceptors (Lipinski definition) is 4. The van der Waals surface area contributed by atoms with Crippen LogP contribution in [0.25, 0.3) is 0 Å². The fraction of sp³-hybridized carbons (Fsp3) is 0.200. The molecule has 1 unspecified atom stereocenters. The van der Waals surface area contributed by atoms with Crippen LogP contribution < -0.4 is 15.4 Å². The molecule has 0 aliphatic carbocycles. The van der Waals surface area contributed by atoms with Gasteiger partial charge in [0.05, 0.1) is 12.7 Å². The first-order valence-electron chi connectivity index (χ1n) is 7.03. The minimum Gasteiger partial charge on any atom is -0.456 e. The Morgan fingerprint density at radius 1 is 1.15 bits per heavy atom. The van der Waals surface area contributed by atoms with E-state index in [9.17, 15) is 26.7 Å². The lowest BCUT2D eigenvalue weighted by Gasteiger charge is -2.15. The summed E-state index contributed by atoms with van der Waals surface area (Å²) in [5.74, 6) is -1.69. The van der Waals surface area contributed by atoms with Crippen LogP contribution in [0.4, 0.5) is 32.6 Å². The number of aliphatic hydroxyl groups is 1. The first-order valence-corrected chi connectivity index (χ1v) is 7.03. The van der Waals surface area contributed by atoms with E-state index in [1.54, 1.807) is 0 Å². The van der Waals surface area contributed by atoms with Crippen molar-refractivity contribution in [1.29, 1.82) is 0 Å². The Kier molecular flexibility index (Phi) is 5.93. The van der Waals surface area contributed by atoms with Gasteiger partial charge in [0.2, 0.25) is 0 Å². The van der Waals surface area contributed by atoms with E-state index in [0.29, 0.717) is 6.07 Å². The third-order valence-corrected chi connectivity index (χ3v) is 2.88. The molecular formula is C15H12F5N3O3. The summed E-state index contributed by atoms with van der Waals surface area (Å²) in [6.07, 6.45) is -6.41. The third kappa shape index (κ3) is 5.84. The highest BCUT2D eigenvalue weighted by molar-refractivity contribution is 5.88. The molecule has 3 N–H and O–H groups in total. The molecular weight excluding hydrogens is 365 g/mol. The summed E-state index contributed by atoms with van der Waals surface area (Å²) in [6.45, 7) is -1.03. The lowest BCUT2D eigenvalue weighted by Crippen LogP contribution is -2.42. The van der Waals surface area contributed by atoms with Gasteiger partial charge in [0.1, 0.15) is 29.0 Å². The van der Waals surface area contributed by atoms with Gasteiger partial charge in [-0.1, -0.05) is 0 Å². The molecule has 0 saturated carbocycles. The molecule has 0 fully saturated rings. The minimum absolute atomic E-state index is 0.0261. The van der Waals surface area contributed by atoms with E-state index in [1.165, 1.54) is 12.1 Å². The molecule has 2 rings (SSSR count). The number of ether oxygens (including phenoxy) is 1. The van der Waals surface area contributed by atoms with E-state index < -0.39 is 36.5 Å². The number of halogens is 5. The van der Waals surface area contributed by atoms with Gasteiger partial charge in [-0.2, -0.15) is 13.2 Å². The van der Waals surface area contributed by atoms with Gasteiger partial charge in [0.25, 0.3) is 0 Å². The van der Waals surface area contributed by atoms with E-state index in [1.807, 2.05) is 5.32 Å². The number of anilines is 1. The fourth-order valence-corrected chi connectivity index (χ4v) is 1.70. The molecule has 1 atom stereocenters. The molecule has 140 valence electrons. The zero-order valence-electron chi connectivity index (χ0n) is 12.8. The molecule has 2 amide bonds. The van der Waals surface area contributed by atoms with Crippen molar-refractivity contribution in [1.82, 2.24) is 10.3 Å². The number of carbonyl (C=O) groups excluding carboxylic acids is 1. The Bertz CT molecular complexity index is 748. The summed E-state index contributed by atoms with van der Waals surface area (Å²) in [6, 6.07) is 4.14. The van der Waals surface area contributed by atoms with Gasteiger partial charge in [-0.25, -0.2) is 18.6 Å². The first-order chi connectivity index (χ1) is 12.1. The molecule has 0 aliphatic rings. The van der Waals surface area contributed by atoms with Crippen LogP contribution in [-0.2, 0) is 0 Å². The number of aromatic nitrogens is 1. The number of rotatable bonds is 5. The van der Waals surface area contributed by atoms with E-state index in [0.717, 1.165) is 18.3 Å². The van der Waals surface area contributed by atoms with Crippen LogP contribution in [0.1, 0.15) is 0 Å². The first kappa shape index (κ1) is 19.4. The number of benzene rings is 1. The van der Waals surface area contributed by atoms with Crippen molar-refractivity contribution in [3.8, 4) is 11.5 Å². The van der Waals surface area contributed by atoms with Crippen LogP contribution in [0.3, 0.4) is 0 Å². The average Bonchev–Trinajstić information content (AvgIpc) is 2.52. The molecule has 0 spiro atoms. The van der Waals surface area contributed by atoms with Crippen LogP contribution in [0.2, 0.25) is 0 Å². The number of aliphatic hydroxyl groups excluding tert-OH is 1. The van der Waals surface area contributed by atoms with Crippen molar-refractivity contribution in [2.75, 3.05) is 11.9 Å². The number of urea groups is 1. The Morgan fingerprint density at radius 3 is 2.35 bits per heavy atom. The molecule has 6 nitrogen and oxygen atoms in total. The number of nitrogens with one attached hydrogen (secondary N) is 2. The maximum atomic E-state index is 13.1. The van der Waals surface area contributed by atoms with E-state index in [4.69, 9.17) is 9.84 Å². The molecule has 0 saturated heterocycles. The van der Waals surface area contributed by atoms with Gasteiger partial charge in [-0.15, -0.1) is 0 Å². The lowest BCUT2D eigenvalue weighted by molar-refractivity contribution is -0.201. The van der Waals surface area contributed by atoms with Crippen molar-refractivity contribution in [2.45, 2.75) is 12.3 Å². The van der Waals surface area contributed by atoms with Crippen molar-refractivity contribution in [3.63, 3.8) is 0 Å². The highest BCUT2D eigenvalue weighted by Crippen LogP contribution is 2.23. The normalized spacial score (nSPS) is 12.4. The second-order valence-electron chi connectivity index (χ2n) is 4.98. The van der Waals surface area contributed by atoms with Crippen LogP contribution in [0.15, 0.2) is 36.5 Å². The van der Waals surface area contributed by atoms with Crippen LogP contribution >= 0.6 is 0 Å². The second kappa shape index (κ2) is 7.95. The predicted molar refractivity (Wildman–Crippen MR) is 79.8 cm³/mol. The van der Waals surface area contributed by atoms with Gasteiger partial charge < -0.3 is 15.2 Å². The Balaban J connectivity index is 1.89. The molecule has 11 heteroatoms. The smallest absolute Gasteiger partial charge is 0.416 e. The molecule has 0 bridgehead atoms. The Morgan fingerprint density at radius 2 is 1.81 bits per heavy atom. The quantitative estimate of drug-likeness (QED) is 0.699. The van der Waals surface area contributed by atoms with Gasteiger partial charge in [0, 0.05) is 18.2 Å². The summed E-state index contributed by atoms with van der Waals surface area (Å²) in [7, 11) is 0. The highest BCUT2D eigenvalue weighted by Gasteiger charge is 2.38. The van der Waals surface area contributed by atoms with Gasteiger partial charge in [-0.3, -0.25) is 5.32 Å². The van der Waals surface area contributed by atoms with E-state index >= 15 is 0 Å². The van der Waals surface area contributed by atoms with Crippen LogP contribution in [0, 0.1) is 11.6 Å². The van der Waals surface area contributed by atoms with Crippen LogP contribution in [0.5, 0.6) is 11.5 Å². The zero-order chi connectivity index (χ0) is 19.3. The standard InChI is InChI=1S/C15H12F5N3O3/c16-8-3-9(17)5-11(4-8)26-10-1-2-13(21-6-10)23-14(25)22-7-12(24)15(18,19)20/h1-6,12,24H,7H2,(H2,21,22,23,25). The molecule has 2 aromatic rings. The van der Waals surface area contributed by atoms with Crippen molar-refractivity contribution < 1.29 is 36.6 Å². The minimum atomic E-state index is -4.85. The topological polar surface area (TPSA) is 83.5 Å². The maximum Gasteiger partial charge on any atom is 0.416 e. The van der Waals surface area contributed by atoms with Crippen molar-refractivity contribution in [3.05, 3.63) is 48.2 Å². The second-order valence-corrected chi connectivity index (χ2v) is 4.98. The SMILES string of the molecule is O=C(NCC(O)C(F)(F)F)Nc1ccc(Oc2cc(F)cc(F)c2)cn1. The highest BCUT2D eigenvalue weighted by atomic mass is 19.4. The molecule has 0 aliphatic heterocycles.